The second-order valence-electron chi connectivity index (χ2n) is 3.74. The van der Waals surface area contributed by atoms with E-state index >= 15 is 0 Å². The maximum atomic E-state index is 12.4. The Balaban J connectivity index is 3.31. The van der Waals surface area contributed by atoms with Crippen molar-refractivity contribution in [3.63, 3.8) is 0 Å². The van der Waals surface area contributed by atoms with Crippen LogP contribution in [-0.4, -0.2) is 30.4 Å². The molecule has 0 aliphatic rings. The molecule has 0 saturated carbocycles. The van der Waals surface area contributed by atoms with E-state index in [-0.39, 0.29) is 5.69 Å². The summed E-state index contributed by atoms with van der Waals surface area (Å²) in [6.07, 6.45) is -15.7. The van der Waals surface area contributed by atoms with Crippen LogP contribution in [0, 0.1) is 10.1 Å². The van der Waals surface area contributed by atoms with Crippen molar-refractivity contribution < 1.29 is 36.0 Å². The molecule has 0 fully saturated rings. The summed E-state index contributed by atoms with van der Waals surface area (Å²) in [6, 6.07) is 2.79. The molecule has 1 aromatic carbocycles. The molecule has 0 aliphatic carbocycles. The number of anilines is 1. The van der Waals surface area contributed by atoms with Gasteiger partial charge >= 0.3 is 18.0 Å². The first-order valence-corrected chi connectivity index (χ1v) is 5.23. The molecule has 21 heavy (non-hydrogen) atoms. The number of benzene rings is 1. The summed E-state index contributed by atoms with van der Waals surface area (Å²) in [5.41, 5.74) is -1.29. The fraction of sp³-hybridized carbons (Fsp3) is 0.400. The number of nitro groups is 1. The highest BCUT2D eigenvalue weighted by molar-refractivity contribution is 5.68. The van der Waals surface area contributed by atoms with Gasteiger partial charge in [-0.1, -0.05) is 6.07 Å². The molecule has 0 saturated heterocycles. The van der Waals surface area contributed by atoms with Crippen LogP contribution >= 0.6 is 0 Å². The number of nitrogens with zero attached hydrogens (tertiary/aromatic N) is 1. The van der Waals surface area contributed by atoms with Crippen LogP contribution < -0.4 is 10.1 Å². The van der Waals surface area contributed by atoms with Crippen LogP contribution in [0.25, 0.3) is 0 Å². The van der Waals surface area contributed by atoms with E-state index in [1.807, 2.05) is 0 Å². The first-order valence-electron chi connectivity index (χ1n) is 5.23. The molecule has 0 radical (unpaired) electrons. The lowest BCUT2D eigenvalue weighted by Gasteiger charge is -2.23. The number of hydrogen-bond donors (Lipinski definition) is 1. The van der Waals surface area contributed by atoms with Crippen molar-refractivity contribution in [2.75, 3.05) is 12.4 Å². The monoisotopic (exact) mass is 318 g/mol. The molecule has 5 nitrogen and oxygen atoms in total. The van der Waals surface area contributed by atoms with E-state index in [0.717, 1.165) is 12.1 Å². The quantitative estimate of drug-likeness (QED) is 0.524. The van der Waals surface area contributed by atoms with Gasteiger partial charge in [-0.2, -0.15) is 26.3 Å². The molecule has 0 aromatic heterocycles. The van der Waals surface area contributed by atoms with Gasteiger partial charge in [-0.05, 0) is 12.1 Å². The normalized spacial score (nSPS) is 12.4. The third-order valence-electron chi connectivity index (χ3n) is 2.29. The smallest absolute Gasteiger partial charge is 0.434 e. The van der Waals surface area contributed by atoms with E-state index in [2.05, 4.69) is 10.1 Å². The topological polar surface area (TPSA) is 64.4 Å². The minimum Gasteiger partial charge on any atom is -0.464 e. The summed E-state index contributed by atoms with van der Waals surface area (Å²) >= 11 is 0. The van der Waals surface area contributed by atoms with Crippen LogP contribution in [0.15, 0.2) is 18.2 Å². The van der Waals surface area contributed by atoms with Gasteiger partial charge in [0.25, 0.3) is 6.10 Å². The lowest BCUT2D eigenvalue weighted by Crippen LogP contribution is -2.46. The van der Waals surface area contributed by atoms with E-state index in [1.54, 1.807) is 0 Å². The van der Waals surface area contributed by atoms with Crippen LogP contribution in [0.1, 0.15) is 0 Å². The standard InChI is InChI=1S/C10H8F6N2O3/c1-17-5-3-2-4-6(7(5)18(19)20)21-8(9(11,12)13)10(14,15)16/h2-4,8,17H,1H3. The highest BCUT2D eigenvalue weighted by atomic mass is 19.4. The van der Waals surface area contributed by atoms with E-state index < -0.39 is 34.8 Å². The number of ether oxygens (including phenoxy) is 1. The molecular formula is C10H8F6N2O3. The molecule has 0 atom stereocenters. The molecule has 11 heteroatoms. The predicted molar refractivity (Wildman–Crippen MR) is 59.2 cm³/mol. The van der Waals surface area contributed by atoms with Gasteiger partial charge in [-0.3, -0.25) is 10.1 Å². The van der Waals surface area contributed by atoms with Gasteiger partial charge in [0.1, 0.15) is 5.69 Å². The zero-order valence-electron chi connectivity index (χ0n) is 10.2. The molecular weight excluding hydrogens is 310 g/mol. The Morgan fingerprint density at radius 3 is 2.10 bits per heavy atom. The van der Waals surface area contributed by atoms with Crippen molar-refractivity contribution >= 4 is 11.4 Å². The summed E-state index contributed by atoms with van der Waals surface area (Å²) < 4.78 is 78.2. The lowest BCUT2D eigenvalue weighted by molar-refractivity contribution is -0.386. The van der Waals surface area contributed by atoms with Gasteiger partial charge in [0.15, 0.2) is 5.75 Å². The van der Waals surface area contributed by atoms with E-state index in [1.165, 1.54) is 7.05 Å². The first kappa shape index (κ1) is 16.9. The van der Waals surface area contributed by atoms with Gasteiger partial charge in [-0.25, -0.2) is 0 Å². The molecule has 1 aromatic rings. The van der Waals surface area contributed by atoms with E-state index in [9.17, 15) is 36.5 Å². The Morgan fingerprint density at radius 2 is 1.71 bits per heavy atom. The average Bonchev–Trinajstić information content (AvgIpc) is 2.32. The average molecular weight is 318 g/mol. The molecule has 0 amide bonds. The zero-order chi connectivity index (χ0) is 16.4. The van der Waals surface area contributed by atoms with Crippen molar-refractivity contribution in [3.05, 3.63) is 28.3 Å². The Kier molecular flexibility index (Phi) is 4.54. The number of nitrogens with one attached hydrogen (secondary N) is 1. The highest BCUT2D eigenvalue weighted by Gasteiger charge is 2.59. The molecule has 1 rings (SSSR count). The Labute approximate surface area is 113 Å². The fourth-order valence-electron chi connectivity index (χ4n) is 1.45. The molecule has 1 N–H and O–H groups in total. The number of rotatable bonds is 4. The summed E-state index contributed by atoms with van der Waals surface area (Å²) in [5.74, 6) is -1.13. The van der Waals surface area contributed by atoms with Crippen molar-refractivity contribution in [3.8, 4) is 5.75 Å². The number of para-hydroxylation sites is 1. The SMILES string of the molecule is CNc1cccc(OC(C(F)(F)F)C(F)(F)F)c1[N+](=O)[O-]. The maximum absolute atomic E-state index is 12.4. The van der Waals surface area contributed by atoms with Gasteiger partial charge in [0, 0.05) is 7.05 Å². The van der Waals surface area contributed by atoms with Crippen LogP contribution in [0.4, 0.5) is 37.7 Å². The molecule has 0 bridgehead atoms. The highest BCUT2D eigenvalue weighted by Crippen LogP contribution is 2.41. The lowest BCUT2D eigenvalue weighted by atomic mass is 10.2. The largest absolute Gasteiger partial charge is 0.464 e. The van der Waals surface area contributed by atoms with Gasteiger partial charge in [0.05, 0.1) is 4.92 Å². The first-order chi connectivity index (χ1) is 9.48. The fourth-order valence-corrected chi connectivity index (χ4v) is 1.45. The van der Waals surface area contributed by atoms with Crippen LogP contribution in [0.5, 0.6) is 5.75 Å². The minimum atomic E-state index is -5.76. The number of alkyl halides is 6. The summed E-state index contributed by atoms with van der Waals surface area (Å²) in [5, 5.41) is 13.1. The molecule has 0 spiro atoms. The van der Waals surface area contributed by atoms with E-state index in [4.69, 9.17) is 0 Å². The molecule has 0 unspecified atom stereocenters. The van der Waals surface area contributed by atoms with Gasteiger partial charge in [0.2, 0.25) is 0 Å². The van der Waals surface area contributed by atoms with Crippen molar-refractivity contribution in [2.24, 2.45) is 0 Å². The minimum absolute atomic E-state index is 0.277. The second kappa shape index (κ2) is 5.66. The van der Waals surface area contributed by atoms with Gasteiger partial charge in [-0.15, -0.1) is 0 Å². The predicted octanol–water partition coefficient (Wildman–Crippen LogP) is 3.51. The van der Waals surface area contributed by atoms with Crippen molar-refractivity contribution in [1.82, 2.24) is 0 Å². The molecule has 0 aliphatic heterocycles. The number of hydrogen-bond acceptors (Lipinski definition) is 4. The van der Waals surface area contributed by atoms with Crippen LogP contribution in [-0.2, 0) is 0 Å². The van der Waals surface area contributed by atoms with Crippen molar-refractivity contribution in [1.29, 1.82) is 0 Å². The molecule has 118 valence electrons. The number of halogens is 6. The second-order valence-corrected chi connectivity index (χ2v) is 3.74. The molecule has 0 heterocycles. The number of nitro benzene ring substituents is 1. The van der Waals surface area contributed by atoms with Gasteiger partial charge < -0.3 is 10.1 Å². The Morgan fingerprint density at radius 1 is 1.19 bits per heavy atom. The summed E-state index contributed by atoms with van der Waals surface area (Å²) in [6.45, 7) is 0. The van der Waals surface area contributed by atoms with Crippen LogP contribution in [0.3, 0.4) is 0 Å². The van der Waals surface area contributed by atoms with E-state index in [0.29, 0.717) is 6.07 Å². The third-order valence-corrected chi connectivity index (χ3v) is 2.29. The zero-order valence-corrected chi connectivity index (χ0v) is 10.2. The maximum Gasteiger partial charge on any atom is 0.434 e. The Bertz CT molecular complexity index is 515. The third kappa shape index (κ3) is 3.89. The van der Waals surface area contributed by atoms with Crippen LogP contribution in [0.2, 0.25) is 0 Å². The Hall–Kier alpha value is -2.20. The summed E-state index contributed by atoms with van der Waals surface area (Å²) in [4.78, 5) is 9.67. The van der Waals surface area contributed by atoms with Crippen molar-refractivity contribution in [2.45, 2.75) is 18.5 Å². The summed E-state index contributed by atoms with van der Waals surface area (Å²) in [7, 11) is 1.22.